The Kier molecular flexibility index (Phi) is 3.71. The van der Waals surface area contributed by atoms with E-state index in [-0.39, 0.29) is 11.5 Å². The van der Waals surface area contributed by atoms with Gasteiger partial charge in [0.1, 0.15) is 18.3 Å². The molecule has 19 heavy (non-hydrogen) atoms. The number of hydrogen-bond acceptors (Lipinski definition) is 8. The third-order valence-corrected chi connectivity index (χ3v) is 3.01. The van der Waals surface area contributed by atoms with Gasteiger partial charge < -0.3 is 31.1 Å². The second-order valence-electron chi connectivity index (χ2n) is 4.21. The van der Waals surface area contributed by atoms with Gasteiger partial charge in [0, 0.05) is 13.2 Å². The molecule has 0 spiro atoms. The molecule has 6 N–H and O–H groups in total. The molecule has 1 aromatic rings. The maximum atomic E-state index is 11.8. The molecule has 0 saturated carbocycles. The number of nitrogen functional groups attached to an aromatic ring is 1. The van der Waals surface area contributed by atoms with Crippen molar-refractivity contribution in [1.82, 2.24) is 9.55 Å². The van der Waals surface area contributed by atoms with Gasteiger partial charge in [-0.15, -0.1) is 0 Å². The molecule has 1 aliphatic heterocycles. The SMILES string of the molecule is CNc1nc(=O)n([C@@H]2O[C@H](CO)C(O)C2O)cc1N. The van der Waals surface area contributed by atoms with Gasteiger partial charge in [-0.05, 0) is 0 Å². The van der Waals surface area contributed by atoms with Crippen molar-refractivity contribution in [2.75, 3.05) is 24.7 Å². The molecular formula is C10H16N4O5. The van der Waals surface area contributed by atoms with E-state index in [1.807, 2.05) is 0 Å². The average Bonchev–Trinajstić information content (AvgIpc) is 2.68. The van der Waals surface area contributed by atoms with Crippen molar-refractivity contribution < 1.29 is 20.1 Å². The largest absolute Gasteiger partial charge is 0.395 e. The smallest absolute Gasteiger partial charge is 0.351 e. The minimum absolute atomic E-state index is 0.194. The highest BCUT2D eigenvalue weighted by Crippen LogP contribution is 2.28. The number of nitrogens with one attached hydrogen (secondary N) is 1. The highest BCUT2D eigenvalue weighted by molar-refractivity contribution is 5.58. The summed E-state index contributed by atoms with van der Waals surface area (Å²) >= 11 is 0. The lowest BCUT2D eigenvalue weighted by Crippen LogP contribution is -2.36. The molecule has 1 aromatic heterocycles. The lowest BCUT2D eigenvalue weighted by atomic mass is 10.1. The topological polar surface area (TPSA) is 143 Å². The Bertz CT molecular complexity index is 519. The minimum atomic E-state index is -1.35. The first kappa shape index (κ1) is 13.7. The second-order valence-corrected chi connectivity index (χ2v) is 4.21. The van der Waals surface area contributed by atoms with E-state index < -0.39 is 36.8 Å². The average molecular weight is 272 g/mol. The summed E-state index contributed by atoms with van der Waals surface area (Å²) < 4.78 is 6.21. The maximum Gasteiger partial charge on any atom is 0.351 e. The van der Waals surface area contributed by atoms with E-state index >= 15 is 0 Å². The third kappa shape index (κ3) is 2.28. The standard InChI is InChI=1S/C10H16N4O5/c1-12-8-4(11)2-14(10(18)13-8)9-7(17)6(16)5(3-15)19-9/h2,5-7,9,15-17H,3,11H2,1H3,(H,12,13,18)/t5-,6?,7?,9-/m1/s1. The number of anilines is 2. The number of hydrogen-bond donors (Lipinski definition) is 5. The van der Waals surface area contributed by atoms with Crippen LogP contribution in [0.5, 0.6) is 0 Å². The summed E-state index contributed by atoms with van der Waals surface area (Å²) in [6, 6.07) is 0. The summed E-state index contributed by atoms with van der Waals surface area (Å²) in [6.07, 6.45) is -3.47. The van der Waals surface area contributed by atoms with Crippen LogP contribution in [0, 0.1) is 0 Å². The van der Waals surface area contributed by atoms with Crippen LogP contribution in [0.15, 0.2) is 11.0 Å². The van der Waals surface area contributed by atoms with Crippen molar-refractivity contribution in [3.05, 3.63) is 16.7 Å². The maximum absolute atomic E-state index is 11.8. The van der Waals surface area contributed by atoms with E-state index in [0.717, 1.165) is 4.57 Å². The number of aromatic nitrogens is 2. The van der Waals surface area contributed by atoms with Crippen molar-refractivity contribution in [2.24, 2.45) is 0 Å². The predicted octanol–water partition coefficient (Wildman–Crippen LogP) is -2.52. The molecule has 4 atom stereocenters. The fraction of sp³-hybridized carbons (Fsp3) is 0.600. The molecule has 9 nitrogen and oxygen atoms in total. The first-order valence-electron chi connectivity index (χ1n) is 5.68. The summed E-state index contributed by atoms with van der Waals surface area (Å²) in [5.74, 6) is 0.216. The molecule has 0 radical (unpaired) electrons. The van der Waals surface area contributed by atoms with Crippen molar-refractivity contribution in [2.45, 2.75) is 24.5 Å². The van der Waals surface area contributed by atoms with Crippen molar-refractivity contribution >= 4 is 11.5 Å². The van der Waals surface area contributed by atoms with Crippen LogP contribution in [0.3, 0.4) is 0 Å². The Labute approximate surface area is 108 Å². The van der Waals surface area contributed by atoms with Gasteiger partial charge in [-0.2, -0.15) is 4.98 Å². The third-order valence-electron chi connectivity index (χ3n) is 3.01. The highest BCUT2D eigenvalue weighted by Gasteiger charge is 2.43. The van der Waals surface area contributed by atoms with E-state index in [0.29, 0.717) is 0 Å². The number of aliphatic hydroxyl groups is 3. The Morgan fingerprint density at radius 2 is 2.21 bits per heavy atom. The molecule has 1 saturated heterocycles. The quantitative estimate of drug-likeness (QED) is 0.405. The van der Waals surface area contributed by atoms with Crippen molar-refractivity contribution in [1.29, 1.82) is 0 Å². The normalized spacial score (nSPS) is 30.5. The molecule has 1 aliphatic rings. The Balaban J connectivity index is 2.38. The van der Waals surface area contributed by atoms with Crippen LogP contribution in [0.1, 0.15) is 6.23 Å². The molecule has 0 bridgehead atoms. The zero-order chi connectivity index (χ0) is 14.2. The Morgan fingerprint density at radius 3 is 2.74 bits per heavy atom. The van der Waals surface area contributed by atoms with Crippen LogP contribution in [-0.4, -0.2) is 56.8 Å². The lowest BCUT2D eigenvalue weighted by Gasteiger charge is -2.18. The number of nitrogens with two attached hydrogens (primary N) is 1. The summed E-state index contributed by atoms with van der Waals surface area (Å²) in [7, 11) is 1.56. The number of nitrogens with zero attached hydrogens (tertiary/aromatic N) is 2. The monoisotopic (exact) mass is 272 g/mol. The molecule has 0 aromatic carbocycles. The molecule has 106 valence electrons. The van der Waals surface area contributed by atoms with E-state index in [9.17, 15) is 15.0 Å². The van der Waals surface area contributed by atoms with Crippen LogP contribution in [0.4, 0.5) is 11.5 Å². The fourth-order valence-corrected chi connectivity index (χ4v) is 1.98. The van der Waals surface area contributed by atoms with Gasteiger partial charge in [0.2, 0.25) is 0 Å². The second kappa shape index (κ2) is 5.13. The van der Waals surface area contributed by atoms with Crippen LogP contribution >= 0.6 is 0 Å². The lowest BCUT2D eigenvalue weighted by molar-refractivity contribution is -0.0548. The number of rotatable bonds is 3. The Hall–Kier alpha value is -1.68. The highest BCUT2D eigenvalue weighted by atomic mass is 16.6. The molecule has 9 heteroatoms. The summed E-state index contributed by atoms with van der Waals surface area (Å²) in [5, 5.41) is 31.1. The van der Waals surface area contributed by atoms with Crippen LogP contribution < -0.4 is 16.7 Å². The molecule has 2 rings (SSSR count). The van der Waals surface area contributed by atoms with Crippen molar-refractivity contribution in [3.63, 3.8) is 0 Å². The fourth-order valence-electron chi connectivity index (χ4n) is 1.98. The molecule has 1 fully saturated rings. The van der Waals surface area contributed by atoms with Gasteiger partial charge in [-0.1, -0.05) is 0 Å². The van der Waals surface area contributed by atoms with Crippen LogP contribution in [0.25, 0.3) is 0 Å². The van der Waals surface area contributed by atoms with E-state index in [1.54, 1.807) is 7.05 Å². The minimum Gasteiger partial charge on any atom is -0.395 e. The predicted molar refractivity (Wildman–Crippen MR) is 65.5 cm³/mol. The van der Waals surface area contributed by atoms with Gasteiger partial charge in [-0.25, -0.2) is 4.79 Å². The summed E-state index contributed by atoms with van der Waals surface area (Å²) in [4.78, 5) is 15.5. The molecular weight excluding hydrogens is 256 g/mol. The summed E-state index contributed by atoms with van der Waals surface area (Å²) in [6.45, 7) is -0.471. The van der Waals surface area contributed by atoms with E-state index in [4.69, 9.17) is 15.6 Å². The van der Waals surface area contributed by atoms with Gasteiger partial charge in [0.25, 0.3) is 0 Å². The van der Waals surface area contributed by atoms with Crippen LogP contribution in [0.2, 0.25) is 0 Å². The Morgan fingerprint density at radius 1 is 1.53 bits per heavy atom. The zero-order valence-corrected chi connectivity index (χ0v) is 10.2. The zero-order valence-electron chi connectivity index (χ0n) is 10.2. The molecule has 2 heterocycles. The first-order chi connectivity index (χ1) is 8.99. The van der Waals surface area contributed by atoms with Gasteiger partial charge in [-0.3, -0.25) is 4.57 Å². The van der Waals surface area contributed by atoms with E-state index in [2.05, 4.69) is 10.3 Å². The van der Waals surface area contributed by atoms with Gasteiger partial charge in [0.15, 0.2) is 12.0 Å². The number of ether oxygens (including phenoxy) is 1. The van der Waals surface area contributed by atoms with Crippen LogP contribution in [-0.2, 0) is 4.74 Å². The van der Waals surface area contributed by atoms with Gasteiger partial charge in [0.05, 0.1) is 12.3 Å². The molecule has 2 unspecified atom stereocenters. The van der Waals surface area contributed by atoms with Crippen molar-refractivity contribution in [3.8, 4) is 0 Å². The first-order valence-corrected chi connectivity index (χ1v) is 5.68. The summed E-state index contributed by atoms with van der Waals surface area (Å²) in [5.41, 5.74) is 5.19. The van der Waals surface area contributed by atoms with E-state index in [1.165, 1.54) is 6.20 Å². The number of aliphatic hydroxyl groups excluding tert-OH is 3. The van der Waals surface area contributed by atoms with Gasteiger partial charge >= 0.3 is 5.69 Å². The molecule has 0 aliphatic carbocycles. The molecule has 0 amide bonds.